The van der Waals surface area contributed by atoms with Gasteiger partial charge in [0, 0.05) is 26.6 Å². The van der Waals surface area contributed by atoms with E-state index in [0.29, 0.717) is 19.5 Å². The molecule has 0 fully saturated rings. The van der Waals surface area contributed by atoms with E-state index in [-0.39, 0.29) is 11.9 Å². The van der Waals surface area contributed by atoms with Crippen molar-refractivity contribution >= 4 is 11.9 Å². The maximum absolute atomic E-state index is 11.3. The fourth-order valence-electron chi connectivity index (χ4n) is 0.955. The van der Waals surface area contributed by atoms with E-state index in [1.54, 1.807) is 11.9 Å². The molecule has 6 nitrogen and oxygen atoms in total. The molecule has 0 radical (unpaired) electrons. The molecule has 0 aromatic rings. The third kappa shape index (κ3) is 6.59. The Morgan fingerprint density at radius 3 is 2.73 bits per heavy atom. The summed E-state index contributed by atoms with van der Waals surface area (Å²) in [7, 11) is 1.74. The number of amides is 2. The molecule has 0 unspecified atom stereocenters. The number of carbonyl (C=O) groups is 1. The van der Waals surface area contributed by atoms with Crippen LogP contribution in [0.4, 0.5) is 4.79 Å². The fraction of sp³-hybridized carbons (Fsp3) is 0.778. The van der Waals surface area contributed by atoms with Crippen LogP contribution in [0.1, 0.15) is 26.2 Å². The molecule has 0 bridgehead atoms. The Labute approximate surface area is 90.1 Å². The number of urea groups is 1. The van der Waals surface area contributed by atoms with Crippen molar-refractivity contribution in [3.63, 3.8) is 0 Å². The van der Waals surface area contributed by atoms with Crippen LogP contribution in [0.5, 0.6) is 0 Å². The first-order chi connectivity index (χ1) is 7.11. The summed E-state index contributed by atoms with van der Waals surface area (Å²) in [4.78, 5) is 12.9. The monoisotopic (exact) mass is 216 g/mol. The summed E-state index contributed by atoms with van der Waals surface area (Å²) < 4.78 is 0. The van der Waals surface area contributed by atoms with Gasteiger partial charge in [-0.25, -0.2) is 4.79 Å². The molecule has 4 N–H and O–H groups in total. The highest BCUT2D eigenvalue weighted by Crippen LogP contribution is 1.94. The van der Waals surface area contributed by atoms with Gasteiger partial charge in [0.05, 0.1) is 0 Å². The van der Waals surface area contributed by atoms with Gasteiger partial charge in [-0.05, 0) is 19.8 Å². The summed E-state index contributed by atoms with van der Waals surface area (Å²) in [6.45, 7) is 3.22. The molecule has 2 amide bonds. The van der Waals surface area contributed by atoms with Crippen molar-refractivity contribution < 1.29 is 10.0 Å². The zero-order valence-corrected chi connectivity index (χ0v) is 9.36. The summed E-state index contributed by atoms with van der Waals surface area (Å²) in [6, 6.07) is -0.0682. The summed E-state index contributed by atoms with van der Waals surface area (Å²) in [5.41, 5.74) is 5.29. The van der Waals surface area contributed by atoms with E-state index < -0.39 is 0 Å². The molecule has 6 heteroatoms. The van der Waals surface area contributed by atoms with Crippen LogP contribution in [-0.2, 0) is 0 Å². The lowest BCUT2D eigenvalue weighted by molar-refractivity contribution is 0.211. The van der Waals surface area contributed by atoms with Gasteiger partial charge in [0.25, 0.3) is 0 Å². The Morgan fingerprint density at radius 2 is 2.20 bits per heavy atom. The van der Waals surface area contributed by atoms with Crippen molar-refractivity contribution in [1.29, 1.82) is 0 Å². The van der Waals surface area contributed by atoms with E-state index in [0.717, 1.165) is 12.8 Å². The topological polar surface area (TPSA) is 91.0 Å². The van der Waals surface area contributed by atoms with Crippen molar-refractivity contribution in [3.8, 4) is 0 Å². The van der Waals surface area contributed by atoms with Crippen LogP contribution >= 0.6 is 0 Å². The molecule has 88 valence electrons. The lowest BCUT2D eigenvalue weighted by Crippen LogP contribution is -2.37. The number of nitrogens with one attached hydrogen (secondary N) is 1. The molecule has 0 aliphatic carbocycles. The second-order valence-electron chi connectivity index (χ2n) is 3.29. The first-order valence-corrected chi connectivity index (χ1v) is 5.07. The van der Waals surface area contributed by atoms with Crippen molar-refractivity contribution in [3.05, 3.63) is 0 Å². The summed E-state index contributed by atoms with van der Waals surface area (Å²) in [6.07, 6.45) is 2.17. The Morgan fingerprint density at radius 1 is 1.53 bits per heavy atom. The van der Waals surface area contributed by atoms with Gasteiger partial charge in [0.1, 0.15) is 5.84 Å². The normalized spacial score (nSPS) is 11.2. The predicted molar refractivity (Wildman–Crippen MR) is 59.0 cm³/mol. The highest BCUT2D eigenvalue weighted by atomic mass is 16.4. The van der Waals surface area contributed by atoms with E-state index in [1.165, 1.54) is 0 Å². The minimum Gasteiger partial charge on any atom is -0.409 e. The smallest absolute Gasteiger partial charge is 0.317 e. The Kier molecular flexibility index (Phi) is 7.13. The minimum absolute atomic E-state index is 0.0682. The van der Waals surface area contributed by atoms with E-state index in [2.05, 4.69) is 10.5 Å². The number of rotatable bonds is 6. The van der Waals surface area contributed by atoms with Crippen LogP contribution in [0.25, 0.3) is 0 Å². The zero-order valence-electron chi connectivity index (χ0n) is 9.36. The highest BCUT2D eigenvalue weighted by molar-refractivity contribution is 5.79. The number of nitrogens with two attached hydrogens (primary N) is 1. The maximum Gasteiger partial charge on any atom is 0.317 e. The maximum atomic E-state index is 11.3. The first kappa shape index (κ1) is 13.5. The molecule has 0 rings (SSSR count). The number of hydrogen-bond donors (Lipinski definition) is 3. The predicted octanol–water partition coefficient (Wildman–Crippen LogP) is 0.564. The Hall–Kier alpha value is -1.46. The average molecular weight is 216 g/mol. The van der Waals surface area contributed by atoms with Crippen LogP contribution in [0.2, 0.25) is 0 Å². The quantitative estimate of drug-likeness (QED) is 0.199. The molecule has 15 heavy (non-hydrogen) atoms. The molecule has 0 heterocycles. The molecule has 0 saturated carbocycles. The van der Waals surface area contributed by atoms with Crippen LogP contribution in [0.3, 0.4) is 0 Å². The van der Waals surface area contributed by atoms with Gasteiger partial charge in [-0.3, -0.25) is 0 Å². The van der Waals surface area contributed by atoms with Gasteiger partial charge < -0.3 is 21.2 Å². The van der Waals surface area contributed by atoms with Crippen molar-refractivity contribution in [2.45, 2.75) is 26.2 Å². The lowest BCUT2D eigenvalue weighted by atomic mass is 10.2. The second-order valence-corrected chi connectivity index (χ2v) is 3.29. The van der Waals surface area contributed by atoms with Crippen molar-refractivity contribution in [2.24, 2.45) is 10.9 Å². The van der Waals surface area contributed by atoms with Crippen molar-refractivity contribution in [2.75, 3.05) is 20.1 Å². The van der Waals surface area contributed by atoms with E-state index in [4.69, 9.17) is 10.9 Å². The molecule has 0 saturated heterocycles. The molecule has 0 aliphatic heterocycles. The molecule has 0 aromatic heterocycles. The zero-order chi connectivity index (χ0) is 11.7. The standard InChI is InChI=1S/C9H20N4O2/c1-3-13(2)9(14)11-7-5-4-6-8(10)12-15/h15H,3-7H2,1-2H3,(H2,10,12)(H,11,14). The van der Waals surface area contributed by atoms with Crippen LogP contribution in [0.15, 0.2) is 5.16 Å². The highest BCUT2D eigenvalue weighted by Gasteiger charge is 2.03. The van der Waals surface area contributed by atoms with Gasteiger partial charge in [-0.1, -0.05) is 5.16 Å². The molecular formula is C9H20N4O2. The van der Waals surface area contributed by atoms with Crippen molar-refractivity contribution in [1.82, 2.24) is 10.2 Å². The SMILES string of the molecule is CCN(C)C(=O)NCCCCC(N)=NO. The number of oxime groups is 1. The van der Waals surface area contributed by atoms with Gasteiger partial charge >= 0.3 is 6.03 Å². The minimum atomic E-state index is -0.0682. The fourth-order valence-corrected chi connectivity index (χ4v) is 0.955. The average Bonchev–Trinajstić information content (AvgIpc) is 2.26. The first-order valence-electron chi connectivity index (χ1n) is 5.07. The number of carbonyl (C=O) groups excluding carboxylic acids is 1. The molecular weight excluding hydrogens is 196 g/mol. The van der Waals surface area contributed by atoms with Crippen LogP contribution < -0.4 is 11.1 Å². The number of amidine groups is 1. The van der Waals surface area contributed by atoms with Gasteiger partial charge in [0.15, 0.2) is 0 Å². The Balaban J connectivity index is 3.43. The second kappa shape index (κ2) is 7.90. The summed E-state index contributed by atoms with van der Waals surface area (Å²) >= 11 is 0. The molecule has 0 spiro atoms. The van der Waals surface area contributed by atoms with Crippen LogP contribution in [0, 0.1) is 0 Å². The number of hydrogen-bond acceptors (Lipinski definition) is 3. The summed E-state index contributed by atoms with van der Waals surface area (Å²) in [5.74, 6) is 0.229. The number of unbranched alkanes of at least 4 members (excludes halogenated alkanes) is 1. The molecule has 0 aromatic carbocycles. The molecule has 0 atom stereocenters. The number of nitrogens with zero attached hydrogens (tertiary/aromatic N) is 2. The summed E-state index contributed by atoms with van der Waals surface area (Å²) in [5, 5.41) is 13.9. The largest absolute Gasteiger partial charge is 0.409 e. The lowest BCUT2D eigenvalue weighted by Gasteiger charge is -2.15. The van der Waals surface area contributed by atoms with Crippen LogP contribution in [-0.4, -0.2) is 42.1 Å². The van der Waals surface area contributed by atoms with E-state index in [1.807, 2.05) is 6.92 Å². The van der Waals surface area contributed by atoms with Gasteiger partial charge in [0.2, 0.25) is 0 Å². The third-order valence-electron chi connectivity index (χ3n) is 2.09. The Bertz CT molecular complexity index is 218. The molecule has 0 aliphatic rings. The third-order valence-corrected chi connectivity index (χ3v) is 2.09. The van der Waals surface area contributed by atoms with E-state index >= 15 is 0 Å². The van der Waals surface area contributed by atoms with Gasteiger partial charge in [-0.15, -0.1) is 0 Å². The van der Waals surface area contributed by atoms with Gasteiger partial charge in [-0.2, -0.15) is 0 Å². The van der Waals surface area contributed by atoms with E-state index in [9.17, 15) is 4.79 Å².